The number of hydrogen-bond donors (Lipinski definition) is 0. The molecule has 0 fully saturated rings. The van der Waals surface area contributed by atoms with Gasteiger partial charge in [0.05, 0.1) is 23.2 Å². The fraction of sp³-hybridized carbons (Fsp3) is 0. The molecule has 0 saturated heterocycles. The van der Waals surface area contributed by atoms with Crippen LogP contribution in [0.15, 0.2) is 106 Å². The van der Waals surface area contributed by atoms with Gasteiger partial charge in [0.2, 0.25) is 5.36 Å². The normalized spacial score (nSPS) is 15.2. The smallest absolute Gasteiger partial charge is 0.455 e. The average Bonchev–Trinajstić information content (AvgIpc) is 3.68. The number of nitrogens with zero attached hydrogens (tertiary/aromatic N) is 2. The number of rotatable bonds is 3. The fourth-order valence-corrected chi connectivity index (χ4v) is 6.21. The van der Waals surface area contributed by atoms with Crippen molar-refractivity contribution in [3.8, 4) is 22.6 Å². The van der Waals surface area contributed by atoms with Crippen LogP contribution in [0.3, 0.4) is 0 Å². The molecule has 0 unspecified atom stereocenters. The zero-order valence-electron chi connectivity index (χ0n) is 20.9. The highest BCUT2D eigenvalue weighted by Gasteiger charge is 2.54. The minimum Gasteiger partial charge on any atom is -0.455 e. The topological polar surface area (TPSA) is 34.2 Å². The molecular weight excluding hydrogens is 571 g/mol. The van der Waals surface area contributed by atoms with E-state index in [2.05, 4.69) is 0 Å². The molecule has 0 radical (unpaired) electrons. The Kier molecular flexibility index (Phi) is 5.09. The Hall–Kier alpha value is -4.40. The van der Waals surface area contributed by atoms with E-state index < -0.39 is 12.8 Å². The molecule has 0 aliphatic carbocycles. The Morgan fingerprint density at radius 3 is 2.07 bits per heavy atom. The van der Waals surface area contributed by atoms with E-state index in [9.17, 15) is 4.39 Å². The first kappa shape index (κ1) is 24.4. The van der Waals surface area contributed by atoms with Crippen LogP contribution in [-0.2, 0) is 0 Å². The quantitative estimate of drug-likeness (QED) is 0.200. The van der Waals surface area contributed by atoms with Gasteiger partial charge in [-0.1, -0.05) is 59.6 Å². The lowest BCUT2D eigenvalue weighted by Crippen LogP contribution is -2.56. The Morgan fingerprint density at radius 2 is 1.39 bits per heavy atom. The van der Waals surface area contributed by atoms with E-state index in [1.165, 1.54) is 12.1 Å². The minimum absolute atomic E-state index is 0.208. The number of fused-ring (bicyclic) bond motifs is 5. The molecule has 2 aliphatic rings. The monoisotopic (exact) mass is 586 g/mol. The molecule has 0 bridgehead atoms. The minimum atomic E-state index is -4.44. The zero-order valence-corrected chi connectivity index (χ0v) is 22.4. The van der Waals surface area contributed by atoms with E-state index >= 15 is 8.63 Å². The van der Waals surface area contributed by atoms with Crippen molar-refractivity contribution < 1.29 is 21.9 Å². The highest BCUT2D eigenvalue weighted by molar-refractivity contribution is 6.65. The SMILES string of the molecule is Fc1cccc(C2=C3C=c4oc(-c5cccc(Cl)c5)cc4=[N+]3[B-](F)(F)n3c2cc2oc(-c4cccc(Cl)c4)cc23)c1. The number of hydrogen-bond acceptors (Lipinski definition) is 2. The Bertz CT molecular complexity index is 2250. The van der Waals surface area contributed by atoms with E-state index in [0.717, 1.165) is 8.96 Å². The second-order valence-electron chi connectivity index (χ2n) is 10.0. The van der Waals surface area contributed by atoms with Crippen molar-refractivity contribution in [1.82, 2.24) is 8.96 Å². The lowest BCUT2D eigenvalue weighted by molar-refractivity contribution is 0.513. The van der Waals surface area contributed by atoms with Gasteiger partial charge in [0.15, 0.2) is 11.1 Å². The predicted molar refractivity (Wildman–Crippen MR) is 155 cm³/mol. The number of halogens is 5. The Morgan fingerprint density at radius 1 is 0.732 bits per heavy atom. The summed E-state index contributed by atoms with van der Waals surface area (Å²) >= 11 is 12.3. The van der Waals surface area contributed by atoms with Gasteiger partial charge >= 0.3 is 6.97 Å². The van der Waals surface area contributed by atoms with Crippen LogP contribution in [0.25, 0.3) is 45.4 Å². The molecule has 6 aromatic rings. The van der Waals surface area contributed by atoms with Gasteiger partial charge in [-0.25, -0.2) is 4.39 Å². The van der Waals surface area contributed by atoms with Crippen molar-refractivity contribution in [3.05, 3.63) is 135 Å². The third-order valence-corrected chi connectivity index (χ3v) is 7.99. The van der Waals surface area contributed by atoms with Gasteiger partial charge in [-0.15, -0.1) is 0 Å². The van der Waals surface area contributed by atoms with Gasteiger partial charge in [-0.3, -0.25) is 0 Å². The molecule has 200 valence electrons. The van der Waals surface area contributed by atoms with Crippen LogP contribution in [0.5, 0.6) is 0 Å². The van der Waals surface area contributed by atoms with Gasteiger partial charge in [0.1, 0.15) is 22.9 Å². The molecular formula is C31H16BCl2F3N2O2. The van der Waals surface area contributed by atoms with Gasteiger partial charge < -0.3 is 26.4 Å². The van der Waals surface area contributed by atoms with Crippen LogP contribution in [0.4, 0.5) is 13.0 Å². The molecule has 0 N–H and O–H groups in total. The molecule has 3 aromatic carbocycles. The standard InChI is InChI=1S/C31H16BCl2F3N2O2/c33-20-7-1-4-17(10-20)27-13-23-29(40-27)15-25-31(19-6-3-9-22(35)12-19)26-16-30-24(39(26)32(36,37)38(23)25)14-28(41-30)18-5-2-8-21(34)11-18/h1-16H. The molecule has 0 saturated carbocycles. The first-order valence-electron chi connectivity index (χ1n) is 12.8. The van der Waals surface area contributed by atoms with Crippen LogP contribution in [0.2, 0.25) is 10.0 Å². The first-order valence-corrected chi connectivity index (χ1v) is 13.5. The molecule has 41 heavy (non-hydrogen) atoms. The van der Waals surface area contributed by atoms with E-state index in [1.807, 2.05) is 0 Å². The van der Waals surface area contributed by atoms with E-state index in [1.54, 1.807) is 84.9 Å². The van der Waals surface area contributed by atoms with Gasteiger partial charge in [0, 0.05) is 39.0 Å². The number of allylic oxidation sites excluding steroid dienone is 1. The fourth-order valence-electron chi connectivity index (χ4n) is 5.83. The molecule has 3 aromatic heterocycles. The lowest BCUT2D eigenvalue weighted by Gasteiger charge is -2.31. The summed E-state index contributed by atoms with van der Waals surface area (Å²) in [5.74, 6) is 0.330. The largest absolute Gasteiger partial charge is 0.738 e. The van der Waals surface area contributed by atoms with Crippen LogP contribution in [0.1, 0.15) is 11.3 Å². The van der Waals surface area contributed by atoms with Crippen molar-refractivity contribution >= 4 is 52.9 Å². The second kappa shape index (κ2) is 8.55. The molecule has 0 atom stereocenters. The number of aromatic nitrogens is 1. The molecule has 8 rings (SSSR count). The molecule has 10 heteroatoms. The molecule has 4 nitrogen and oxygen atoms in total. The maximum atomic E-state index is 16.8. The van der Waals surface area contributed by atoms with Crippen LogP contribution in [-0.4, -0.2) is 11.4 Å². The van der Waals surface area contributed by atoms with Crippen molar-refractivity contribution in [2.75, 3.05) is 0 Å². The first-order chi connectivity index (χ1) is 19.8. The number of furan rings is 2. The van der Waals surface area contributed by atoms with E-state index in [0.29, 0.717) is 43.8 Å². The van der Waals surface area contributed by atoms with Crippen molar-refractivity contribution in [1.29, 1.82) is 0 Å². The predicted octanol–water partition coefficient (Wildman–Crippen LogP) is 7.59. The van der Waals surface area contributed by atoms with Gasteiger partial charge in [-0.05, 0) is 42.0 Å². The summed E-state index contributed by atoms with van der Waals surface area (Å²) in [4.78, 5) is 0. The number of benzene rings is 3. The maximum absolute atomic E-state index is 16.8. The van der Waals surface area contributed by atoms with E-state index in [-0.39, 0.29) is 33.3 Å². The summed E-state index contributed by atoms with van der Waals surface area (Å²) < 4.78 is 62.2. The molecule has 0 amide bonds. The summed E-state index contributed by atoms with van der Waals surface area (Å²) in [6.07, 6.45) is 1.58. The van der Waals surface area contributed by atoms with E-state index in [4.69, 9.17) is 32.0 Å². The third-order valence-electron chi connectivity index (χ3n) is 7.52. The second-order valence-corrected chi connectivity index (χ2v) is 10.9. The molecule has 0 spiro atoms. The summed E-state index contributed by atoms with van der Waals surface area (Å²) in [7, 11) is 0. The highest BCUT2D eigenvalue weighted by atomic mass is 35.5. The molecule has 5 heterocycles. The molecule has 2 aliphatic heterocycles. The average molecular weight is 587 g/mol. The Balaban J connectivity index is 1.42. The van der Waals surface area contributed by atoms with Gasteiger partial charge in [0.25, 0.3) is 0 Å². The van der Waals surface area contributed by atoms with Crippen molar-refractivity contribution in [3.63, 3.8) is 0 Å². The third kappa shape index (κ3) is 3.61. The van der Waals surface area contributed by atoms with Crippen molar-refractivity contribution in [2.24, 2.45) is 0 Å². The summed E-state index contributed by atoms with van der Waals surface area (Å²) in [5, 5.41) is 1.21. The van der Waals surface area contributed by atoms with Gasteiger partial charge in [-0.2, -0.15) is 0 Å². The lowest BCUT2D eigenvalue weighted by atomic mass is 9.86. The van der Waals surface area contributed by atoms with Crippen LogP contribution >= 0.6 is 23.2 Å². The maximum Gasteiger partial charge on any atom is 0.738 e. The zero-order chi connectivity index (χ0) is 28.0. The van der Waals surface area contributed by atoms with Crippen LogP contribution in [0, 0.1) is 5.82 Å². The summed E-state index contributed by atoms with van der Waals surface area (Å²) in [5.41, 5.74) is 3.40. The highest BCUT2D eigenvalue weighted by Crippen LogP contribution is 2.42. The summed E-state index contributed by atoms with van der Waals surface area (Å²) in [6.45, 7) is -4.44. The van der Waals surface area contributed by atoms with Crippen LogP contribution < -0.4 is 15.3 Å². The summed E-state index contributed by atoms with van der Waals surface area (Å²) in [6, 6.07) is 24.6. The Labute approximate surface area is 240 Å². The van der Waals surface area contributed by atoms with Crippen molar-refractivity contribution in [2.45, 2.75) is 0 Å².